The smallest absolute Gasteiger partial charge is 0.313 e. The number of carbonyl (C=O) groups is 3. The van der Waals surface area contributed by atoms with Gasteiger partial charge in [-0.1, -0.05) is 6.92 Å². The fraction of sp³-hybridized carbons (Fsp3) is 0.526. The van der Waals surface area contributed by atoms with E-state index in [2.05, 4.69) is 10.6 Å². The Morgan fingerprint density at radius 1 is 0.963 bits per heavy atom. The minimum absolute atomic E-state index is 0.0905. The number of rotatable bonds is 7. The fourth-order valence-corrected chi connectivity index (χ4v) is 3.12. The molecule has 8 heteroatoms. The summed E-state index contributed by atoms with van der Waals surface area (Å²) in [6.45, 7) is 3.74. The van der Waals surface area contributed by atoms with E-state index in [-0.39, 0.29) is 17.7 Å². The van der Waals surface area contributed by atoms with Crippen LogP contribution in [0.2, 0.25) is 0 Å². The minimum atomic E-state index is -0.686. The molecule has 0 bridgehead atoms. The van der Waals surface area contributed by atoms with Crippen molar-refractivity contribution in [3.05, 3.63) is 24.3 Å². The molecule has 2 N–H and O–H groups in total. The highest BCUT2D eigenvalue weighted by Gasteiger charge is 2.37. The maximum absolute atomic E-state index is 12.5. The van der Waals surface area contributed by atoms with Gasteiger partial charge < -0.3 is 25.0 Å². The second kappa shape index (κ2) is 10.0. The number of likely N-dealkylation sites (tertiary alicyclic amines) is 1. The van der Waals surface area contributed by atoms with Crippen molar-refractivity contribution in [2.45, 2.75) is 13.3 Å². The lowest BCUT2D eigenvalue weighted by Gasteiger charge is -2.16. The van der Waals surface area contributed by atoms with Crippen molar-refractivity contribution in [3.8, 4) is 0 Å². The normalized spacial score (nSPS) is 19.0. The molecule has 2 rings (SSSR count). The second-order valence-electron chi connectivity index (χ2n) is 6.57. The number of hydrogen-bond donors (Lipinski definition) is 2. The number of anilines is 2. The summed E-state index contributed by atoms with van der Waals surface area (Å²) in [7, 11) is 3.24. The average Bonchev–Trinajstić information content (AvgIpc) is 3.06. The van der Waals surface area contributed by atoms with Crippen LogP contribution in [0.4, 0.5) is 11.4 Å². The summed E-state index contributed by atoms with van der Waals surface area (Å²) in [6, 6.07) is 6.63. The third-order valence-corrected chi connectivity index (χ3v) is 4.57. The van der Waals surface area contributed by atoms with Gasteiger partial charge in [0.25, 0.3) is 0 Å². The Kier molecular flexibility index (Phi) is 7.75. The maximum Gasteiger partial charge on any atom is 0.313 e. The predicted octanol–water partition coefficient (Wildman–Crippen LogP) is 1.34. The van der Waals surface area contributed by atoms with Crippen LogP contribution in [0.1, 0.15) is 13.3 Å². The van der Waals surface area contributed by atoms with Crippen molar-refractivity contribution in [1.82, 2.24) is 4.90 Å². The highest BCUT2D eigenvalue weighted by molar-refractivity contribution is 6.39. The van der Waals surface area contributed by atoms with Gasteiger partial charge in [0.1, 0.15) is 0 Å². The van der Waals surface area contributed by atoms with Crippen LogP contribution in [0, 0.1) is 11.8 Å². The van der Waals surface area contributed by atoms with Crippen molar-refractivity contribution in [1.29, 1.82) is 0 Å². The SMILES string of the molecule is CCC(=O)Nc1ccc(NC(=O)C(=O)N2C[C@@H](COC)[C@H](COC)C2)cc1. The Balaban J connectivity index is 1.93. The van der Waals surface area contributed by atoms with Crippen LogP contribution in [-0.2, 0) is 23.9 Å². The summed E-state index contributed by atoms with van der Waals surface area (Å²) in [6.07, 6.45) is 0.386. The molecule has 2 atom stereocenters. The molecule has 27 heavy (non-hydrogen) atoms. The number of nitrogens with one attached hydrogen (secondary N) is 2. The van der Waals surface area contributed by atoms with Gasteiger partial charge >= 0.3 is 11.8 Å². The first-order chi connectivity index (χ1) is 13.0. The van der Waals surface area contributed by atoms with Crippen molar-refractivity contribution in [2.75, 3.05) is 51.2 Å². The lowest BCUT2D eigenvalue weighted by molar-refractivity contribution is -0.142. The summed E-state index contributed by atoms with van der Waals surface area (Å²) in [5.41, 5.74) is 1.12. The van der Waals surface area contributed by atoms with Gasteiger partial charge in [-0.3, -0.25) is 14.4 Å². The number of ether oxygens (including phenoxy) is 2. The zero-order chi connectivity index (χ0) is 19.8. The first kappa shape index (κ1) is 20.9. The monoisotopic (exact) mass is 377 g/mol. The summed E-state index contributed by atoms with van der Waals surface area (Å²) in [4.78, 5) is 37.7. The molecule has 0 aliphatic carbocycles. The fourth-order valence-electron chi connectivity index (χ4n) is 3.12. The van der Waals surface area contributed by atoms with E-state index in [4.69, 9.17) is 9.47 Å². The molecule has 0 saturated carbocycles. The van der Waals surface area contributed by atoms with Gasteiger partial charge in [-0.15, -0.1) is 0 Å². The van der Waals surface area contributed by atoms with Gasteiger partial charge in [0.15, 0.2) is 0 Å². The standard InChI is InChI=1S/C19H27N3O5/c1-4-17(23)20-15-5-7-16(8-6-15)21-18(24)19(25)22-9-13(11-26-2)14(10-22)12-27-3/h5-8,13-14H,4,9-12H2,1-3H3,(H,20,23)(H,21,24)/t13-,14-/m0/s1. The minimum Gasteiger partial charge on any atom is -0.384 e. The van der Waals surface area contributed by atoms with E-state index >= 15 is 0 Å². The molecule has 3 amide bonds. The number of hydrogen-bond acceptors (Lipinski definition) is 5. The van der Waals surface area contributed by atoms with E-state index in [0.29, 0.717) is 44.1 Å². The molecular weight excluding hydrogens is 350 g/mol. The third kappa shape index (κ3) is 5.77. The summed E-state index contributed by atoms with van der Waals surface area (Å²) in [5, 5.41) is 5.32. The zero-order valence-corrected chi connectivity index (χ0v) is 16.0. The summed E-state index contributed by atoms with van der Waals surface area (Å²) in [5.74, 6) is -1.05. The highest BCUT2D eigenvalue weighted by Crippen LogP contribution is 2.24. The first-order valence-corrected chi connectivity index (χ1v) is 8.96. The molecule has 148 valence electrons. The quantitative estimate of drug-likeness (QED) is 0.699. The highest BCUT2D eigenvalue weighted by atomic mass is 16.5. The molecule has 0 aromatic heterocycles. The number of nitrogens with zero attached hydrogens (tertiary/aromatic N) is 1. The van der Waals surface area contributed by atoms with Gasteiger partial charge in [-0.05, 0) is 24.3 Å². The van der Waals surface area contributed by atoms with Crippen molar-refractivity contribution in [2.24, 2.45) is 11.8 Å². The molecule has 1 aromatic carbocycles. The Morgan fingerprint density at radius 3 is 1.89 bits per heavy atom. The number of carbonyl (C=O) groups excluding carboxylic acids is 3. The van der Waals surface area contributed by atoms with Crippen LogP contribution in [-0.4, -0.2) is 63.1 Å². The zero-order valence-electron chi connectivity index (χ0n) is 16.0. The average molecular weight is 377 g/mol. The number of methoxy groups -OCH3 is 2. The molecule has 1 aliphatic heterocycles. The van der Waals surface area contributed by atoms with Crippen LogP contribution in [0.3, 0.4) is 0 Å². The summed E-state index contributed by atoms with van der Waals surface area (Å²) < 4.78 is 10.4. The van der Waals surface area contributed by atoms with E-state index in [0.717, 1.165) is 0 Å². The Bertz CT molecular complexity index is 648. The molecule has 1 heterocycles. The van der Waals surface area contributed by atoms with Crippen LogP contribution in [0.5, 0.6) is 0 Å². The van der Waals surface area contributed by atoms with Gasteiger partial charge in [-0.25, -0.2) is 0 Å². The van der Waals surface area contributed by atoms with Gasteiger partial charge in [-0.2, -0.15) is 0 Å². The molecule has 8 nitrogen and oxygen atoms in total. The van der Waals surface area contributed by atoms with Crippen LogP contribution in [0.25, 0.3) is 0 Å². The van der Waals surface area contributed by atoms with Crippen molar-refractivity contribution in [3.63, 3.8) is 0 Å². The van der Waals surface area contributed by atoms with Gasteiger partial charge in [0.05, 0.1) is 13.2 Å². The number of benzene rings is 1. The lowest BCUT2D eigenvalue weighted by Crippen LogP contribution is -2.38. The van der Waals surface area contributed by atoms with Gasteiger partial charge in [0, 0.05) is 56.9 Å². The van der Waals surface area contributed by atoms with E-state index in [1.807, 2.05) is 0 Å². The van der Waals surface area contributed by atoms with Crippen LogP contribution < -0.4 is 10.6 Å². The molecule has 0 spiro atoms. The molecule has 0 unspecified atom stereocenters. The lowest BCUT2D eigenvalue weighted by atomic mass is 9.98. The molecule has 0 radical (unpaired) electrons. The van der Waals surface area contributed by atoms with E-state index in [1.165, 1.54) is 0 Å². The molecule has 1 aromatic rings. The van der Waals surface area contributed by atoms with E-state index < -0.39 is 11.8 Å². The third-order valence-electron chi connectivity index (χ3n) is 4.57. The summed E-state index contributed by atoms with van der Waals surface area (Å²) >= 11 is 0. The Labute approximate surface area is 159 Å². The topological polar surface area (TPSA) is 97.0 Å². The molecule has 1 fully saturated rings. The van der Waals surface area contributed by atoms with Crippen molar-refractivity contribution >= 4 is 29.1 Å². The predicted molar refractivity (Wildman–Crippen MR) is 101 cm³/mol. The van der Waals surface area contributed by atoms with Crippen LogP contribution in [0.15, 0.2) is 24.3 Å². The van der Waals surface area contributed by atoms with E-state index in [9.17, 15) is 14.4 Å². The largest absolute Gasteiger partial charge is 0.384 e. The van der Waals surface area contributed by atoms with Gasteiger partial charge in [0.2, 0.25) is 5.91 Å². The molecular formula is C19H27N3O5. The van der Waals surface area contributed by atoms with Crippen LogP contribution >= 0.6 is 0 Å². The van der Waals surface area contributed by atoms with E-state index in [1.54, 1.807) is 50.3 Å². The first-order valence-electron chi connectivity index (χ1n) is 8.96. The Hall–Kier alpha value is -2.45. The van der Waals surface area contributed by atoms with Crippen molar-refractivity contribution < 1.29 is 23.9 Å². The molecule has 1 saturated heterocycles. The Morgan fingerprint density at radius 2 is 1.44 bits per heavy atom. The second-order valence-corrected chi connectivity index (χ2v) is 6.57. The number of amides is 3. The maximum atomic E-state index is 12.5. The molecule has 1 aliphatic rings.